The first kappa shape index (κ1) is 12.5. The van der Waals surface area contributed by atoms with Crippen LogP contribution in [0.1, 0.15) is 13.8 Å². The summed E-state index contributed by atoms with van der Waals surface area (Å²) >= 11 is 0. The highest BCUT2D eigenvalue weighted by molar-refractivity contribution is 6.00. The van der Waals surface area contributed by atoms with Gasteiger partial charge in [-0.2, -0.15) is 0 Å². The molecule has 0 aliphatic heterocycles. The number of fused-ring (bicyclic) bond motifs is 2. The molecule has 2 heterocycles. The molecule has 0 aliphatic rings. The van der Waals surface area contributed by atoms with E-state index in [0.29, 0.717) is 23.5 Å². The van der Waals surface area contributed by atoms with Crippen molar-refractivity contribution in [3.05, 3.63) is 52.5 Å². The molecule has 4 nitrogen and oxygen atoms in total. The summed E-state index contributed by atoms with van der Waals surface area (Å²) in [6.07, 6.45) is 3.60. The highest BCUT2D eigenvalue weighted by Gasteiger charge is 2.12. The zero-order chi connectivity index (χ0) is 14.1. The second kappa shape index (κ2) is 4.89. The summed E-state index contributed by atoms with van der Waals surface area (Å²) < 4.78 is 11.3. The minimum Gasteiger partial charge on any atom is -0.483 e. The molecule has 0 spiro atoms. The van der Waals surface area contributed by atoms with Crippen molar-refractivity contribution in [3.63, 3.8) is 0 Å². The highest BCUT2D eigenvalue weighted by atomic mass is 16.5. The molecule has 0 radical (unpaired) electrons. The van der Waals surface area contributed by atoms with Gasteiger partial charge in [-0.05, 0) is 38.1 Å². The fraction of sp³-hybridized carbons (Fsp3) is 0.188. The number of furan rings is 1. The number of benzene rings is 1. The second-order valence-corrected chi connectivity index (χ2v) is 4.92. The summed E-state index contributed by atoms with van der Waals surface area (Å²) in [6.45, 7) is 4.46. The smallest absolute Gasteiger partial charge is 0.248 e. The van der Waals surface area contributed by atoms with Crippen LogP contribution in [0.5, 0.6) is 5.75 Å². The molecule has 1 aromatic carbocycles. The van der Waals surface area contributed by atoms with Gasteiger partial charge in [0, 0.05) is 16.8 Å². The molecule has 0 bridgehead atoms. The highest BCUT2D eigenvalue weighted by Crippen LogP contribution is 2.33. The largest absolute Gasteiger partial charge is 0.483 e. The van der Waals surface area contributed by atoms with Gasteiger partial charge in [-0.1, -0.05) is 5.57 Å². The van der Waals surface area contributed by atoms with E-state index in [2.05, 4.69) is 4.98 Å². The van der Waals surface area contributed by atoms with Gasteiger partial charge in [0.1, 0.15) is 6.61 Å². The Bertz CT molecular complexity index is 851. The molecule has 0 unspecified atom stereocenters. The van der Waals surface area contributed by atoms with E-state index in [-0.39, 0.29) is 5.56 Å². The van der Waals surface area contributed by atoms with E-state index in [1.165, 1.54) is 11.6 Å². The summed E-state index contributed by atoms with van der Waals surface area (Å²) in [4.78, 5) is 14.4. The van der Waals surface area contributed by atoms with Gasteiger partial charge in [-0.3, -0.25) is 4.79 Å². The fourth-order valence-electron chi connectivity index (χ4n) is 2.12. The number of nitrogens with one attached hydrogen (secondary N) is 1. The number of pyridine rings is 1. The van der Waals surface area contributed by atoms with Gasteiger partial charge in [-0.25, -0.2) is 0 Å². The van der Waals surface area contributed by atoms with E-state index in [1.54, 1.807) is 12.3 Å². The van der Waals surface area contributed by atoms with E-state index in [1.807, 2.05) is 32.1 Å². The van der Waals surface area contributed by atoms with E-state index in [9.17, 15) is 4.79 Å². The minimum atomic E-state index is -0.157. The molecule has 3 aromatic rings. The third kappa shape index (κ3) is 2.20. The van der Waals surface area contributed by atoms with Crippen LogP contribution >= 0.6 is 0 Å². The number of aromatic nitrogens is 1. The Morgan fingerprint density at radius 1 is 1.30 bits per heavy atom. The summed E-state index contributed by atoms with van der Waals surface area (Å²) in [5.41, 5.74) is 2.34. The van der Waals surface area contributed by atoms with Gasteiger partial charge in [0.15, 0.2) is 11.3 Å². The zero-order valence-corrected chi connectivity index (χ0v) is 11.4. The van der Waals surface area contributed by atoms with E-state index in [4.69, 9.17) is 9.15 Å². The number of H-pyrrole nitrogens is 1. The van der Waals surface area contributed by atoms with Crippen molar-refractivity contribution in [3.8, 4) is 5.75 Å². The topological polar surface area (TPSA) is 55.2 Å². The number of aromatic amines is 1. The van der Waals surface area contributed by atoms with Gasteiger partial charge in [0.05, 0.1) is 11.8 Å². The first-order valence-electron chi connectivity index (χ1n) is 6.44. The molecular formula is C16H15NO3. The van der Waals surface area contributed by atoms with E-state index in [0.717, 1.165) is 10.8 Å². The van der Waals surface area contributed by atoms with E-state index < -0.39 is 0 Å². The van der Waals surface area contributed by atoms with Crippen molar-refractivity contribution >= 4 is 21.9 Å². The fourth-order valence-corrected chi connectivity index (χ4v) is 2.12. The molecule has 102 valence electrons. The molecule has 0 fully saturated rings. The van der Waals surface area contributed by atoms with Crippen molar-refractivity contribution in [1.82, 2.24) is 4.98 Å². The molecular weight excluding hydrogens is 254 g/mol. The lowest BCUT2D eigenvalue weighted by molar-refractivity contribution is 0.363. The molecule has 0 atom stereocenters. The van der Waals surface area contributed by atoms with Crippen molar-refractivity contribution in [2.24, 2.45) is 0 Å². The van der Waals surface area contributed by atoms with Crippen molar-refractivity contribution in [2.75, 3.05) is 6.61 Å². The van der Waals surface area contributed by atoms with Gasteiger partial charge in [0.25, 0.3) is 0 Å². The third-order valence-electron chi connectivity index (χ3n) is 3.11. The predicted molar refractivity (Wildman–Crippen MR) is 79.3 cm³/mol. The Morgan fingerprint density at radius 3 is 2.95 bits per heavy atom. The van der Waals surface area contributed by atoms with Crippen LogP contribution in [0.3, 0.4) is 0 Å². The number of allylic oxidation sites excluding steroid dienone is 1. The third-order valence-corrected chi connectivity index (χ3v) is 3.11. The minimum absolute atomic E-state index is 0.157. The standard InChI is InChI=1S/C16H15NO3/c1-10(2)5-7-20-16-14-11(3-4-13(18)17-14)9-12-6-8-19-15(12)16/h3-6,8-9H,7H2,1-2H3,(H,17,18). The Morgan fingerprint density at radius 2 is 2.15 bits per heavy atom. The zero-order valence-electron chi connectivity index (χ0n) is 11.4. The van der Waals surface area contributed by atoms with E-state index >= 15 is 0 Å². The van der Waals surface area contributed by atoms with Crippen LogP contribution in [-0.2, 0) is 0 Å². The normalized spacial score (nSPS) is 10.9. The Labute approximate surface area is 115 Å². The maximum absolute atomic E-state index is 11.5. The molecule has 20 heavy (non-hydrogen) atoms. The lowest BCUT2D eigenvalue weighted by atomic mass is 10.1. The lowest BCUT2D eigenvalue weighted by Gasteiger charge is -2.08. The molecule has 0 aliphatic carbocycles. The monoisotopic (exact) mass is 269 g/mol. The lowest BCUT2D eigenvalue weighted by Crippen LogP contribution is -2.04. The average molecular weight is 269 g/mol. The maximum Gasteiger partial charge on any atom is 0.248 e. The van der Waals surface area contributed by atoms with Crippen LogP contribution in [0, 0.1) is 0 Å². The molecule has 0 amide bonds. The maximum atomic E-state index is 11.5. The van der Waals surface area contributed by atoms with Crippen molar-refractivity contribution in [1.29, 1.82) is 0 Å². The average Bonchev–Trinajstić information content (AvgIpc) is 2.86. The number of ether oxygens (including phenoxy) is 1. The molecule has 4 heteroatoms. The number of hydrogen-bond donors (Lipinski definition) is 1. The van der Waals surface area contributed by atoms with Crippen LogP contribution < -0.4 is 10.3 Å². The first-order chi connectivity index (χ1) is 9.65. The molecule has 2 aromatic heterocycles. The van der Waals surface area contributed by atoms with Crippen molar-refractivity contribution in [2.45, 2.75) is 13.8 Å². The molecule has 1 N–H and O–H groups in total. The molecule has 0 saturated heterocycles. The van der Waals surface area contributed by atoms with Gasteiger partial charge >= 0.3 is 0 Å². The quantitative estimate of drug-likeness (QED) is 0.739. The van der Waals surface area contributed by atoms with Gasteiger partial charge in [0.2, 0.25) is 5.56 Å². The molecule has 0 saturated carbocycles. The summed E-state index contributed by atoms with van der Waals surface area (Å²) in [5, 5.41) is 1.88. The van der Waals surface area contributed by atoms with Crippen LogP contribution in [0.25, 0.3) is 21.9 Å². The Hall–Kier alpha value is -2.49. The van der Waals surface area contributed by atoms with Crippen LogP contribution in [-0.4, -0.2) is 11.6 Å². The number of rotatable bonds is 3. The van der Waals surface area contributed by atoms with Crippen LogP contribution in [0.4, 0.5) is 0 Å². The number of hydrogen-bond acceptors (Lipinski definition) is 3. The van der Waals surface area contributed by atoms with Gasteiger partial charge in [-0.15, -0.1) is 0 Å². The summed E-state index contributed by atoms with van der Waals surface area (Å²) in [5.74, 6) is 0.581. The summed E-state index contributed by atoms with van der Waals surface area (Å²) in [6, 6.07) is 7.15. The van der Waals surface area contributed by atoms with Crippen LogP contribution in [0.15, 0.2) is 51.4 Å². The Kier molecular flexibility index (Phi) is 3.06. The SMILES string of the molecule is CC(C)=CCOc1c2[nH]c(=O)ccc2cc2ccoc12. The Balaban J connectivity index is 2.21. The molecule has 3 rings (SSSR count). The summed E-state index contributed by atoms with van der Waals surface area (Å²) in [7, 11) is 0. The van der Waals surface area contributed by atoms with Crippen LogP contribution in [0.2, 0.25) is 0 Å². The van der Waals surface area contributed by atoms with Gasteiger partial charge < -0.3 is 14.1 Å². The first-order valence-corrected chi connectivity index (χ1v) is 6.44. The second-order valence-electron chi connectivity index (χ2n) is 4.92. The predicted octanol–water partition coefficient (Wildman–Crippen LogP) is 3.62. The van der Waals surface area contributed by atoms with Crippen molar-refractivity contribution < 1.29 is 9.15 Å².